The molecule has 7 heteroatoms. The standard InChI is InChI=1S/C7H5F5N2/c8-6(9,7(10,11)12)2-1-5(3-13)4-14/h5H,1-2H2. The molecule has 0 saturated heterocycles. The molecular formula is C7H5F5N2. The molecule has 0 aromatic heterocycles. The van der Waals surface area contributed by atoms with Crippen LogP contribution in [0.25, 0.3) is 0 Å². The molecule has 0 unspecified atom stereocenters. The van der Waals surface area contributed by atoms with Crippen molar-refractivity contribution in [2.75, 3.05) is 0 Å². The van der Waals surface area contributed by atoms with Gasteiger partial charge in [0, 0.05) is 6.42 Å². The van der Waals surface area contributed by atoms with Gasteiger partial charge in [0.1, 0.15) is 5.92 Å². The normalized spacial score (nSPS) is 12.3. The van der Waals surface area contributed by atoms with Crippen molar-refractivity contribution in [3.63, 3.8) is 0 Å². The van der Waals surface area contributed by atoms with E-state index in [0.717, 1.165) is 0 Å². The largest absolute Gasteiger partial charge is 0.453 e. The van der Waals surface area contributed by atoms with Gasteiger partial charge >= 0.3 is 12.1 Å². The molecule has 0 aliphatic heterocycles. The van der Waals surface area contributed by atoms with Crippen molar-refractivity contribution in [2.24, 2.45) is 5.92 Å². The number of rotatable bonds is 3. The molecule has 0 aromatic rings. The number of nitrogens with zero attached hydrogens (tertiary/aromatic N) is 2. The maximum Gasteiger partial charge on any atom is 0.453 e. The van der Waals surface area contributed by atoms with Crippen molar-refractivity contribution in [2.45, 2.75) is 24.9 Å². The van der Waals surface area contributed by atoms with Crippen LogP contribution in [0.15, 0.2) is 0 Å². The van der Waals surface area contributed by atoms with Crippen molar-refractivity contribution < 1.29 is 22.0 Å². The second-order valence-electron chi connectivity index (χ2n) is 2.55. The van der Waals surface area contributed by atoms with Gasteiger partial charge in [-0.2, -0.15) is 32.5 Å². The molecule has 0 atom stereocenters. The molecule has 78 valence electrons. The quantitative estimate of drug-likeness (QED) is 0.675. The molecule has 0 amide bonds. The summed E-state index contributed by atoms with van der Waals surface area (Å²) < 4.78 is 59.2. The Balaban J connectivity index is 4.29. The molecule has 0 rings (SSSR count). The molecule has 0 heterocycles. The molecule has 0 aliphatic carbocycles. The lowest BCUT2D eigenvalue weighted by molar-refractivity contribution is -0.284. The highest BCUT2D eigenvalue weighted by Gasteiger charge is 2.56. The van der Waals surface area contributed by atoms with E-state index in [1.165, 1.54) is 12.1 Å². The summed E-state index contributed by atoms with van der Waals surface area (Å²) >= 11 is 0. The first kappa shape index (κ1) is 12.6. The monoisotopic (exact) mass is 212 g/mol. The number of hydrogen-bond donors (Lipinski definition) is 0. The van der Waals surface area contributed by atoms with Crippen molar-refractivity contribution in [3.8, 4) is 12.1 Å². The Morgan fingerprint density at radius 3 is 1.71 bits per heavy atom. The van der Waals surface area contributed by atoms with Crippen LogP contribution < -0.4 is 0 Å². The van der Waals surface area contributed by atoms with Gasteiger partial charge in [-0.1, -0.05) is 0 Å². The first-order chi connectivity index (χ1) is 6.24. The second kappa shape index (κ2) is 4.23. The average Bonchev–Trinajstić information content (AvgIpc) is 2.04. The molecule has 14 heavy (non-hydrogen) atoms. The van der Waals surface area contributed by atoms with Gasteiger partial charge in [0.15, 0.2) is 0 Å². The highest BCUT2D eigenvalue weighted by atomic mass is 19.4. The van der Waals surface area contributed by atoms with Crippen LogP contribution in [0.1, 0.15) is 12.8 Å². The minimum Gasteiger partial charge on any atom is -0.197 e. The van der Waals surface area contributed by atoms with E-state index in [-0.39, 0.29) is 0 Å². The fourth-order valence-electron chi connectivity index (χ4n) is 0.625. The van der Waals surface area contributed by atoms with E-state index in [4.69, 9.17) is 10.5 Å². The fraction of sp³-hybridized carbons (Fsp3) is 0.714. The average molecular weight is 212 g/mol. The van der Waals surface area contributed by atoms with E-state index in [1.807, 2.05) is 0 Å². The topological polar surface area (TPSA) is 47.6 Å². The Morgan fingerprint density at radius 2 is 1.43 bits per heavy atom. The lowest BCUT2D eigenvalue weighted by Gasteiger charge is -2.19. The van der Waals surface area contributed by atoms with Gasteiger partial charge in [0.25, 0.3) is 0 Å². The van der Waals surface area contributed by atoms with Crippen molar-refractivity contribution in [1.29, 1.82) is 10.5 Å². The number of hydrogen-bond acceptors (Lipinski definition) is 2. The van der Waals surface area contributed by atoms with Gasteiger partial charge in [0.05, 0.1) is 12.1 Å². The van der Waals surface area contributed by atoms with Gasteiger partial charge in [-0.15, -0.1) is 0 Å². The summed E-state index contributed by atoms with van der Waals surface area (Å²) in [6.07, 6.45) is -7.95. The molecular weight excluding hydrogens is 207 g/mol. The Kier molecular flexibility index (Phi) is 3.81. The minimum atomic E-state index is -5.62. The summed E-state index contributed by atoms with van der Waals surface area (Å²) in [5.74, 6) is -6.26. The van der Waals surface area contributed by atoms with E-state index in [0.29, 0.717) is 0 Å². The molecule has 0 aromatic carbocycles. The Labute approximate surface area is 76.5 Å². The lowest BCUT2D eigenvalue weighted by atomic mass is 10.0. The van der Waals surface area contributed by atoms with Gasteiger partial charge in [-0.05, 0) is 6.42 Å². The molecule has 0 saturated carbocycles. The highest BCUT2D eigenvalue weighted by molar-refractivity contribution is 4.99. The third-order valence-electron chi connectivity index (χ3n) is 1.47. The van der Waals surface area contributed by atoms with Crippen LogP contribution >= 0.6 is 0 Å². The molecule has 0 bridgehead atoms. The van der Waals surface area contributed by atoms with Gasteiger partial charge in [-0.3, -0.25) is 0 Å². The Morgan fingerprint density at radius 1 is 1.00 bits per heavy atom. The number of halogens is 5. The minimum absolute atomic E-state index is 0.792. The molecule has 0 N–H and O–H groups in total. The number of alkyl halides is 5. The van der Waals surface area contributed by atoms with E-state index in [2.05, 4.69) is 0 Å². The van der Waals surface area contributed by atoms with E-state index >= 15 is 0 Å². The fourth-order valence-corrected chi connectivity index (χ4v) is 0.625. The predicted molar refractivity (Wildman–Crippen MR) is 35.0 cm³/mol. The first-order valence-electron chi connectivity index (χ1n) is 3.48. The van der Waals surface area contributed by atoms with Crippen LogP contribution in [0.3, 0.4) is 0 Å². The van der Waals surface area contributed by atoms with Gasteiger partial charge in [-0.25, -0.2) is 0 Å². The Bertz CT molecular complexity index is 255. The molecule has 0 aliphatic rings. The van der Waals surface area contributed by atoms with E-state index < -0.39 is 30.9 Å². The van der Waals surface area contributed by atoms with Crippen LogP contribution in [-0.2, 0) is 0 Å². The zero-order chi connectivity index (χ0) is 11.4. The summed E-state index contributed by atoms with van der Waals surface area (Å²) in [4.78, 5) is 0. The lowest BCUT2D eigenvalue weighted by Crippen LogP contribution is -2.36. The zero-order valence-electron chi connectivity index (χ0n) is 6.78. The van der Waals surface area contributed by atoms with E-state index in [9.17, 15) is 22.0 Å². The molecule has 0 fully saturated rings. The maximum absolute atomic E-state index is 12.2. The number of nitriles is 2. The van der Waals surface area contributed by atoms with Crippen LogP contribution in [0.4, 0.5) is 22.0 Å². The first-order valence-corrected chi connectivity index (χ1v) is 3.48. The van der Waals surface area contributed by atoms with Gasteiger partial charge in [0.2, 0.25) is 0 Å². The summed E-state index contributed by atoms with van der Waals surface area (Å²) in [5.41, 5.74) is 0. The van der Waals surface area contributed by atoms with Gasteiger partial charge < -0.3 is 0 Å². The predicted octanol–water partition coefficient (Wildman–Crippen LogP) is 2.63. The Hall–Kier alpha value is -1.37. The smallest absolute Gasteiger partial charge is 0.197 e. The SMILES string of the molecule is N#CC(C#N)CCC(F)(F)C(F)(F)F. The van der Waals surface area contributed by atoms with Crippen molar-refractivity contribution >= 4 is 0 Å². The molecule has 2 nitrogen and oxygen atoms in total. The summed E-state index contributed by atoms with van der Waals surface area (Å²) in [5, 5.41) is 16.3. The summed E-state index contributed by atoms with van der Waals surface area (Å²) in [6.45, 7) is 0. The summed E-state index contributed by atoms with van der Waals surface area (Å²) in [7, 11) is 0. The van der Waals surface area contributed by atoms with Crippen LogP contribution in [0.2, 0.25) is 0 Å². The van der Waals surface area contributed by atoms with Crippen molar-refractivity contribution in [3.05, 3.63) is 0 Å². The zero-order valence-corrected chi connectivity index (χ0v) is 6.78. The third kappa shape index (κ3) is 3.17. The molecule has 0 spiro atoms. The van der Waals surface area contributed by atoms with E-state index in [1.54, 1.807) is 0 Å². The van der Waals surface area contributed by atoms with Crippen molar-refractivity contribution in [1.82, 2.24) is 0 Å². The highest BCUT2D eigenvalue weighted by Crippen LogP contribution is 2.39. The summed E-state index contributed by atoms with van der Waals surface area (Å²) in [6, 6.07) is 2.63. The maximum atomic E-state index is 12.2. The van der Waals surface area contributed by atoms with Crippen LogP contribution in [-0.4, -0.2) is 12.1 Å². The second-order valence-corrected chi connectivity index (χ2v) is 2.55. The third-order valence-corrected chi connectivity index (χ3v) is 1.47. The molecule has 0 radical (unpaired) electrons. The van der Waals surface area contributed by atoms with Crippen LogP contribution in [0, 0.1) is 28.6 Å². The van der Waals surface area contributed by atoms with Crippen LogP contribution in [0.5, 0.6) is 0 Å².